The van der Waals surface area contributed by atoms with Crippen molar-refractivity contribution in [3.8, 4) is 0 Å². The number of halogens is 1. The van der Waals surface area contributed by atoms with Gasteiger partial charge in [-0.2, -0.15) is 0 Å². The summed E-state index contributed by atoms with van der Waals surface area (Å²) in [5.41, 5.74) is 0. The quantitative estimate of drug-likeness (QED) is 0.603. The minimum Gasteiger partial charge on any atom is -0.348 e. The molecular weight excluding hydrogens is 166 g/mol. The molecule has 0 spiro atoms. The summed E-state index contributed by atoms with van der Waals surface area (Å²) in [5.74, 6) is 0.447. The molecule has 1 amide bonds. The second-order valence-corrected chi connectivity index (χ2v) is 2.20. The lowest BCUT2D eigenvalue weighted by Crippen LogP contribution is -2.35. The SMILES string of the molecule is Cl.O=C1NCCn2ccnc21. The number of amides is 1. The standard InChI is InChI=1S/C6H7N3O.ClH/c10-6-5-7-1-3-9(5)4-2-8-6;/h1,3H,2,4H2,(H,8,10);1H. The normalized spacial score (nSPS) is 14.7. The highest BCUT2D eigenvalue weighted by atomic mass is 35.5. The van der Waals surface area contributed by atoms with Gasteiger partial charge in [0.15, 0.2) is 5.82 Å². The Kier molecular flexibility index (Phi) is 2.14. The maximum absolute atomic E-state index is 11.0. The molecule has 1 aromatic rings. The van der Waals surface area contributed by atoms with Crippen LogP contribution in [0.5, 0.6) is 0 Å². The number of aromatic nitrogens is 2. The summed E-state index contributed by atoms with van der Waals surface area (Å²) in [7, 11) is 0. The first-order chi connectivity index (χ1) is 4.88. The van der Waals surface area contributed by atoms with E-state index in [9.17, 15) is 4.79 Å². The van der Waals surface area contributed by atoms with E-state index in [1.807, 2.05) is 10.8 Å². The number of fused-ring (bicyclic) bond motifs is 1. The number of hydrogen-bond donors (Lipinski definition) is 1. The Labute approximate surface area is 70.0 Å². The van der Waals surface area contributed by atoms with E-state index < -0.39 is 0 Å². The molecule has 0 radical (unpaired) electrons. The van der Waals surface area contributed by atoms with Gasteiger partial charge >= 0.3 is 0 Å². The molecule has 11 heavy (non-hydrogen) atoms. The molecule has 0 atom stereocenters. The van der Waals surface area contributed by atoms with Crippen LogP contribution in [0, 0.1) is 0 Å². The predicted octanol–water partition coefficient (Wildman–Crippen LogP) is 0.0483. The minimum absolute atomic E-state index is 0. The van der Waals surface area contributed by atoms with Crippen molar-refractivity contribution in [3.05, 3.63) is 18.2 Å². The van der Waals surface area contributed by atoms with Crippen LogP contribution in [0.3, 0.4) is 0 Å². The van der Waals surface area contributed by atoms with Crippen LogP contribution in [0.15, 0.2) is 12.4 Å². The van der Waals surface area contributed by atoms with Crippen molar-refractivity contribution in [2.45, 2.75) is 6.54 Å². The van der Waals surface area contributed by atoms with Crippen molar-refractivity contribution >= 4 is 18.3 Å². The summed E-state index contributed by atoms with van der Waals surface area (Å²) >= 11 is 0. The molecule has 0 saturated carbocycles. The Bertz CT molecular complexity index is 271. The van der Waals surface area contributed by atoms with Gasteiger partial charge in [-0.3, -0.25) is 4.79 Å². The summed E-state index contributed by atoms with van der Waals surface area (Å²) in [4.78, 5) is 14.8. The number of imidazole rings is 1. The third-order valence-electron chi connectivity index (χ3n) is 1.56. The van der Waals surface area contributed by atoms with Gasteiger partial charge in [0.1, 0.15) is 0 Å². The molecule has 1 aliphatic heterocycles. The summed E-state index contributed by atoms with van der Waals surface area (Å²) in [6, 6.07) is 0. The van der Waals surface area contributed by atoms with Crippen molar-refractivity contribution in [1.29, 1.82) is 0 Å². The molecule has 60 valence electrons. The molecule has 0 unspecified atom stereocenters. The van der Waals surface area contributed by atoms with E-state index in [4.69, 9.17) is 0 Å². The van der Waals surface area contributed by atoms with Gasteiger partial charge in [-0.1, -0.05) is 0 Å². The molecule has 0 bridgehead atoms. The lowest BCUT2D eigenvalue weighted by molar-refractivity contribution is 0.0922. The highest BCUT2D eigenvalue weighted by molar-refractivity contribution is 5.91. The molecule has 2 rings (SSSR count). The van der Waals surface area contributed by atoms with Gasteiger partial charge in [0.2, 0.25) is 0 Å². The van der Waals surface area contributed by atoms with Crippen LogP contribution in [-0.4, -0.2) is 22.0 Å². The first kappa shape index (κ1) is 8.07. The molecule has 2 heterocycles. The third kappa shape index (κ3) is 1.21. The highest BCUT2D eigenvalue weighted by Crippen LogP contribution is 2.00. The molecule has 1 aromatic heterocycles. The second kappa shape index (κ2) is 2.92. The zero-order valence-corrected chi connectivity index (χ0v) is 6.60. The van der Waals surface area contributed by atoms with Crippen LogP contribution < -0.4 is 5.32 Å². The summed E-state index contributed by atoms with van der Waals surface area (Å²) in [5, 5.41) is 2.70. The molecule has 1 N–H and O–H groups in total. The van der Waals surface area contributed by atoms with E-state index in [2.05, 4.69) is 10.3 Å². The van der Waals surface area contributed by atoms with Crippen LogP contribution in [0.2, 0.25) is 0 Å². The van der Waals surface area contributed by atoms with Crippen molar-refractivity contribution in [2.24, 2.45) is 0 Å². The number of hydrogen-bond acceptors (Lipinski definition) is 2. The smallest absolute Gasteiger partial charge is 0.287 e. The van der Waals surface area contributed by atoms with Gasteiger partial charge in [-0.25, -0.2) is 4.98 Å². The van der Waals surface area contributed by atoms with E-state index in [1.165, 1.54) is 0 Å². The van der Waals surface area contributed by atoms with Gasteiger partial charge in [-0.15, -0.1) is 12.4 Å². The Balaban J connectivity index is 0.000000605. The van der Waals surface area contributed by atoms with E-state index >= 15 is 0 Å². The maximum Gasteiger partial charge on any atom is 0.287 e. The molecular formula is C6H8ClN3O. The fourth-order valence-electron chi connectivity index (χ4n) is 1.07. The van der Waals surface area contributed by atoms with E-state index in [-0.39, 0.29) is 18.3 Å². The Morgan fingerprint density at radius 1 is 1.64 bits per heavy atom. The Hall–Kier alpha value is -1.03. The van der Waals surface area contributed by atoms with Crippen LogP contribution in [0.25, 0.3) is 0 Å². The molecule has 0 saturated heterocycles. The van der Waals surface area contributed by atoms with Crippen LogP contribution in [0.4, 0.5) is 0 Å². The van der Waals surface area contributed by atoms with Crippen LogP contribution in [0.1, 0.15) is 10.6 Å². The van der Waals surface area contributed by atoms with Crippen molar-refractivity contribution in [2.75, 3.05) is 6.54 Å². The minimum atomic E-state index is -0.0729. The third-order valence-corrected chi connectivity index (χ3v) is 1.56. The average Bonchev–Trinajstić information content (AvgIpc) is 2.36. The van der Waals surface area contributed by atoms with Gasteiger partial charge < -0.3 is 9.88 Å². The van der Waals surface area contributed by atoms with Crippen molar-refractivity contribution in [1.82, 2.24) is 14.9 Å². The van der Waals surface area contributed by atoms with Crippen LogP contribution >= 0.6 is 12.4 Å². The van der Waals surface area contributed by atoms with Gasteiger partial charge in [0.25, 0.3) is 5.91 Å². The maximum atomic E-state index is 11.0. The predicted molar refractivity (Wildman–Crippen MR) is 41.8 cm³/mol. The Morgan fingerprint density at radius 2 is 2.45 bits per heavy atom. The molecule has 1 aliphatic rings. The zero-order chi connectivity index (χ0) is 6.97. The number of nitrogens with one attached hydrogen (secondary N) is 1. The fourth-order valence-corrected chi connectivity index (χ4v) is 1.07. The molecule has 0 aliphatic carbocycles. The van der Waals surface area contributed by atoms with E-state index in [0.29, 0.717) is 12.4 Å². The lowest BCUT2D eigenvalue weighted by Gasteiger charge is -2.13. The van der Waals surface area contributed by atoms with E-state index in [0.717, 1.165) is 6.54 Å². The van der Waals surface area contributed by atoms with Gasteiger partial charge in [0.05, 0.1) is 0 Å². The summed E-state index contributed by atoms with van der Waals surface area (Å²) < 4.78 is 1.85. The van der Waals surface area contributed by atoms with Crippen LogP contribution in [-0.2, 0) is 6.54 Å². The topological polar surface area (TPSA) is 46.9 Å². The van der Waals surface area contributed by atoms with Gasteiger partial charge in [-0.05, 0) is 0 Å². The van der Waals surface area contributed by atoms with Crippen molar-refractivity contribution < 1.29 is 4.79 Å². The molecule has 0 fully saturated rings. The highest BCUT2D eigenvalue weighted by Gasteiger charge is 2.15. The number of carbonyl (C=O) groups is 1. The van der Waals surface area contributed by atoms with Crippen molar-refractivity contribution in [3.63, 3.8) is 0 Å². The summed E-state index contributed by atoms with van der Waals surface area (Å²) in [6.45, 7) is 1.54. The first-order valence-corrected chi connectivity index (χ1v) is 3.17. The monoisotopic (exact) mass is 173 g/mol. The average molecular weight is 174 g/mol. The van der Waals surface area contributed by atoms with E-state index in [1.54, 1.807) is 6.20 Å². The second-order valence-electron chi connectivity index (χ2n) is 2.20. The molecule has 4 nitrogen and oxygen atoms in total. The molecule has 5 heteroatoms. The summed E-state index contributed by atoms with van der Waals surface area (Å²) in [6.07, 6.45) is 3.45. The lowest BCUT2D eigenvalue weighted by atomic mass is 10.4. The molecule has 0 aromatic carbocycles. The zero-order valence-electron chi connectivity index (χ0n) is 5.78. The Morgan fingerprint density at radius 3 is 3.18 bits per heavy atom. The largest absolute Gasteiger partial charge is 0.348 e. The fraction of sp³-hybridized carbons (Fsp3) is 0.333. The number of carbonyl (C=O) groups excluding carboxylic acids is 1. The van der Waals surface area contributed by atoms with Gasteiger partial charge in [0, 0.05) is 25.5 Å². The number of nitrogens with zero attached hydrogens (tertiary/aromatic N) is 2. The number of rotatable bonds is 0. The first-order valence-electron chi connectivity index (χ1n) is 3.17.